The first-order valence-corrected chi connectivity index (χ1v) is 5.04. The minimum atomic E-state index is -1.28. The number of hydrogen-bond acceptors (Lipinski definition) is 3. The van der Waals surface area contributed by atoms with Crippen LogP contribution in [0.5, 0.6) is 0 Å². The number of nitrogens with zero attached hydrogens (tertiary/aromatic N) is 2. The number of carbonyl (C=O) groups is 2. The predicted molar refractivity (Wildman–Crippen MR) is 62.1 cm³/mol. The van der Waals surface area contributed by atoms with Gasteiger partial charge in [0.15, 0.2) is 0 Å². The summed E-state index contributed by atoms with van der Waals surface area (Å²) in [5.74, 6) is -1.54. The van der Waals surface area contributed by atoms with Crippen molar-refractivity contribution >= 4 is 18.0 Å². The van der Waals surface area contributed by atoms with E-state index in [9.17, 15) is 9.59 Å². The van der Waals surface area contributed by atoms with Crippen LogP contribution in [-0.2, 0) is 16.6 Å². The highest BCUT2D eigenvalue weighted by molar-refractivity contribution is 5.95. The zero-order valence-corrected chi connectivity index (χ0v) is 9.97. The molecule has 0 saturated carbocycles. The van der Waals surface area contributed by atoms with Crippen LogP contribution in [0, 0.1) is 0 Å². The zero-order chi connectivity index (χ0) is 13.1. The molecule has 0 aromatic carbocycles. The number of amides is 1. The lowest BCUT2D eigenvalue weighted by molar-refractivity contribution is -0.145. The Morgan fingerprint density at radius 1 is 1.53 bits per heavy atom. The molecular weight excluding hydrogens is 222 g/mol. The Kier molecular flexibility index (Phi) is 3.67. The van der Waals surface area contributed by atoms with Crippen LogP contribution < -0.4 is 5.32 Å². The Hall–Kier alpha value is -2.11. The van der Waals surface area contributed by atoms with Crippen LogP contribution in [0.3, 0.4) is 0 Å². The van der Waals surface area contributed by atoms with E-state index in [0.717, 1.165) is 5.69 Å². The normalized spacial score (nSPS) is 11.7. The van der Waals surface area contributed by atoms with Gasteiger partial charge < -0.3 is 10.4 Å². The fraction of sp³-hybridized carbons (Fsp3) is 0.364. The molecule has 0 radical (unpaired) electrons. The lowest BCUT2D eigenvalue weighted by atomic mass is 10.1. The number of carbonyl (C=O) groups excluding carboxylic acids is 1. The number of hydrogen-bond donors (Lipinski definition) is 2. The summed E-state index contributed by atoms with van der Waals surface area (Å²) in [6, 6.07) is 1.74. The van der Waals surface area contributed by atoms with Crippen LogP contribution in [0.15, 0.2) is 18.3 Å². The van der Waals surface area contributed by atoms with Gasteiger partial charge in [-0.25, -0.2) is 4.79 Å². The number of aryl methyl sites for hydroxylation is 1. The van der Waals surface area contributed by atoms with E-state index in [1.54, 1.807) is 30.1 Å². The summed E-state index contributed by atoms with van der Waals surface area (Å²) >= 11 is 0. The van der Waals surface area contributed by atoms with E-state index < -0.39 is 17.4 Å². The smallest absolute Gasteiger partial charge is 0.328 e. The summed E-state index contributed by atoms with van der Waals surface area (Å²) in [6.45, 7) is 2.84. The molecule has 17 heavy (non-hydrogen) atoms. The largest absolute Gasteiger partial charge is 0.480 e. The van der Waals surface area contributed by atoms with Gasteiger partial charge in [0.2, 0.25) is 5.91 Å². The number of aliphatic carboxylic acids is 1. The van der Waals surface area contributed by atoms with Crippen LogP contribution in [0.4, 0.5) is 0 Å². The summed E-state index contributed by atoms with van der Waals surface area (Å²) < 4.78 is 1.60. The molecular formula is C11H15N3O3. The second-order valence-corrected chi connectivity index (χ2v) is 4.13. The first-order valence-electron chi connectivity index (χ1n) is 5.04. The molecule has 0 bridgehead atoms. The Bertz CT molecular complexity index is 460. The van der Waals surface area contributed by atoms with Crippen LogP contribution in [-0.4, -0.2) is 32.3 Å². The third-order valence-corrected chi connectivity index (χ3v) is 2.23. The maximum absolute atomic E-state index is 11.5. The minimum absolute atomic E-state index is 0.460. The van der Waals surface area contributed by atoms with Gasteiger partial charge >= 0.3 is 5.97 Å². The van der Waals surface area contributed by atoms with Crippen LogP contribution in [0.1, 0.15) is 19.5 Å². The van der Waals surface area contributed by atoms with Crippen LogP contribution in [0.25, 0.3) is 6.08 Å². The zero-order valence-electron chi connectivity index (χ0n) is 9.97. The Labute approximate surface area is 98.9 Å². The molecule has 6 heteroatoms. The van der Waals surface area contributed by atoms with Gasteiger partial charge in [-0.2, -0.15) is 5.10 Å². The highest BCUT2D eigenvalue weighted by atomic mass is 16.4. The summed E-state index contributed by atoms with van der Waals surface area (Å²) in [5, 5.41) is 15.2. The van der Waals surface area contributed by atoms with Crippen LogP contribution >= 0.6 is 0 Å². The van der Waals surface area contributed by atoms with E-state index in [2.05, 4.69) is 10.4 Å². The molecule has 1 aromatic heterocycles. The third-order valence-electron chi connectivity index (χ3n) is 2.23. The van der Waals surface area contributed by atoms with Crippen molar-refractivity contribution in [1.82, 2.24) is 15.1 Å². The molecule has 1 heterocycles. The molecule has 0 unspecified atom stereocenters. The predicted octanol–water partition coefficient (Wildman–Crippen LogP) is 0.413. The van der Waals surface area contributed by atoms with Crippen molar-refractivity contribution in [1.29, 1.82) is 0 Å². The van der Waals surface area contributed by atoms with Gasteiger partial charge in [0.05, 0.1) is 5.69 Å². The van der Waals surface area contributed by atoms with Gasteiger partial charge in [-0.05, 0) is 26.0 Å². The van der Waals surface area contributed by atoms with Gasteiger partial charge in [0.1, 0.15) is 5.54 Å². The number of aromatic nitrogens is 2. The molecule has 1 rings (SSSR count). The first-order chi connectivity index (χ1) is 7.83. The Morgan fingerprint density at radius 2 is 2.18 bits per heavy atom. The monoisotopic (exact) mass is 237 g/mol. The number of nitrogens with one attached hydrogen (secondary N) is 1. The van der Waals surface area contributed by atoms with Gasteiger partial charge in [-0.3, -0.25) is 9.48 Å². The number of rotatable bonds is 4. The topological polar surface area (TPSA) is 84.2 Å². The maximum atomic E-state index is 11.5. The third kappa shape index (κ3) is 3.44. The van der Waals surface area contributed by atoms with Gasteiger partial charge in [-0.15, -0.1) is 0 Å². The quantitative estimate of drug-likeness (QED) is 0.743. The summed E-state index contributed by atoms with van der Waals surface area (Å²) in [5.41, 5.74) is -0.526. The molecule has 1 amide bonds. The van der Waals surface area contributed by atoms with Crippen molar-refractivity contribution in [2.75, 3.05) is 0 Å². The van der Waals surface area contributed by atoms with E-state index in [1.807, 2.05) is 0 Å². The van der Waals surface area contributed by atoms with E-state index in [-0.39, 0.29) is 0 Å². The van der Waals surface area contributed by atoms with Crippen molar-refractivity contribution in [3.8, 4) is 0 Å². The fourth-order valence-corrected chi connectivity index (χ4v) is 1.11. The Morgan fingerprint density at radius 3 is 2.65 bits per heavy atom. The molecule has 0 atom stereocenters. The highest BCUT2D eigenvalue weighted by Gasteiger charge is 2.27. The highest BCUT2D eigenvalue weighted by Crippen LogP contribution is 2.03. The van der Waals surface area contributed by atoms with E-state index in [1.165, 1.54) is 19.9 Å². The molecule has 2 N–H and O–H groups in total. The summed E-state index contributed by atoms with van der Waals surface area (Å²) in [4.78, 5) is 22.3. The molecule has 0 fully saturated rings. The van der Waals surface area contributed by atoms with E-state index >= 15 is 0 Å². The molecule has 1 aromatic rings. The lowest BCUT2D eigenvalue weighted by Gasteiger charge is -2.19. The van der Waals surface area contributed by atoms with Gasteiger partial charge in [-0.1, -0.05) is 0 Å². The summed E-state index contributed by atoms with van der Waals surface area (Å²) in [6.07, 6.45) is 4.46. The molecule has 6 nitrogen and oxygen atoms in total. The molecule has 0 aliphatic rings. The maximum Gasteiger partial charge on any atom is 0.328 e. The van der Waals surface area contributed by atoms with Gasteiger partial charge in [0, 0.05) is 19.3 Å². The van der Waals surface area contributed by atoms with E-state index in [0.29, 0.717) is 0 Å². The van der Waals surface area contributed by atoms with Crippen LogP contribution in [0.2, 0.25) is 0 Å². The van der Waals surface area contributed by atoms with Crippen molar-refractivity contribution < 1.29 is 14.7 Å². The summed E-state index contributed by atoms with van der Waals surface area (Å²) in [7, 11) is 1.75. The molecule has 0 aliphatic carbocycles. The van der Waals surface area contributed by atoms with Crippen molar-refractivity contribution in [3.05, 3.63) is 24.0 Å². The van der Waals surface area contributed by atoms with Gasteiger partial charge in [0.25, 0.3) is 0 Å². The molecule has 0 saturated heterocycles. The fourth-order valence-electron chi connectivity index (χ4n) is 1.11. The second-order valence-electron chi connectivity index (χ2n) is 4.13. The standard InChI is InChI=1S/C11H15N3O3/c1-11(2,10(16)17)13-9(15)5-4-8-6-7-12-14(8)3/h4-7H,1-3H3,(H,13,15)(H,16,17)/b5-4+. The van der Waals surface area contributed by atoms with Crippen molar-refractivity contribution in [2.45, 2.75) is 19.4 Å². The average Bonchev–Trinajstić information content (AvgIpc) is 2.60. The lowest BCUT2D eigenvalue weighted by Crippen LogP contribution is -2.49. The second kappa shape index (κ2) is 4.82. The molecule has 0 spiro atoms. The first kappa shape index (κ1) is 13.0. The average molecular weight is 237 g/mol. The SMILES string of the molecule is Cn1nccc1/C=C/C(=O)NC(C)(C)C(=O)O. The van der Waals surface area contributed by atoms with E-state index in [4.69, 9.17) is 5.11 Å². The number of carboxylic acids is 1. The number of carboxylic acid groups (broad SMARTS) is 1. The molecule has 0 aliphatic heterocycles. The minimum Gasteiger partial charge on any atom is -0.480 e. The molecule has 92 valence electrons. The van der Waals surface area contributed by atoms with Crippen molar-refractivity contribution in [2.24, 2.45) is 7.05 Å². The van der Waals surface area contributed by atoms with Crippen molar-refractivity contribution in [3.63, 3.8) is 0 Å². The Balaban J connectivity index is 2.65.